The van der Waals surface area contributed by atoms with Crippen molar-refractivity contribution in [3.63, 3.8) is 0 Å². The molecule has 2 N–H and O–H groups in total. The SMILES string of the molecule is Cc1ccc(S(=O)(=O)N2CCCC(S(N)(=O)=O)C2)cc1. The Morgan fingerprint density at radius 2 is 1.75 bits per heavy atom. The Kier molecular flexibility index (Phi) is 4.19. The molecule has 0 aromatic heterocycles. The highest BCUT2D eigenvalue weighted by atomic mass is 32.2. The van der Waals surface area contributed by atoms with E-state index in [-0.39, 0.29) is 11.4 Å². The summed E-state index contributed by atoms with van der Waals surface area (Å²) in [5.41, 5.74) is 0.963. The minimum Gasteiger partial charge on any atom is -0.228 e. The van der Waals surface area contributed by atoms with Crippen LogP contribution in [0, 0.1) is 6.92 Å². The van der Waals surface area contributed by atoms with Gasteiger partial charge in [-0.05, 0) is 31.9 Å². The van der Waals surface area contributed by atoms with Gasteiger partial charge in [-0.3, -0.25) is 0 Å². The van der Waals surface area contributed by atoms with Crippen molar-refractivity contribution < 1.29 is 16.8 Å². The van der Waals surface area contributed by atoms with E-state index in [1.165, 1.54) is 16.4 Å². The minimum atomic E-state index is -3.71. The highest BCUT2D eigenvalue weighted by Crippen LogP contribution is 2.23. The Bertz CT molecular complexity index is 681. The molecule has 1 atom stereocenters. The highest BCUT2D eigenvalue weighted by molar-refractivity contribution is 7.90. The van der Waals surface area contributed by atoms with Crippen molar-refractivity contribution in [2.45, 2.75) is 29.9 Å². The van der Waals surface area contributed by atoms with Gasteiger partial charge in [0.15, 0.2) is 0 Å². The van der Waals surface area contributed by atoms with E-state index < -0.39 is 25.3 Å². The molecule has 2 rings (SSSR count). The molecule has 112 valence electrons. The Labute approximate surface area is 119 Å². The summed E-state index contributed by atoms with van der Waals surface area (Å²) < 4.78 is 48.9. The van der Waals surface area contributed by atoms with Crippen LogP contribution in [0.25, 0.3) is 0 Å². The second-order valence-corrected chi connectivity index (χ2v) is 8.81. The number of hydrogen-bond donors (Lipinski definition) is 1. The fraction of sp³-hybridized carbons (Fsp3) is 0.500. The highest BCUT2D eigenvalue weighted by Gasteiger charge is 2.34. The lowest BCUT2D eigenvalue weighted by Gasteiger charge is -2.30. The molecule has 1 aromatic carbocycles. The quantitative estimate of drug-likeness (QED) is 0.874. The molecule has 0 radical (unpaired) electrons. The van der Waals surface area contributed by atoms with E-state index in [4.69, 9.17) is 5.14 Å². The number of piperidine rings is 1. The average molecular weight is 318 g/mol. The maximum Gasteiger partial charge on any atom is 0.243 e. The van der Waals surface area contributed by atoms with Gasteiger partial charge in [0.1, 0.15) is 0 Å². The van der Waals surface area contributed by atoms with Crippen molar-refractivity contribution in [1.82, 2.24) is 4.31 Å². The van der Waals surface area contributed by atoms with E-state index in [2.05, 4.69) is 0 Å². The average Bonchev–Trinajstić information content (AvgIpc) is 2.38. The molecule has 1 aliphatic heterocycles. The van der Waals surface area contributed by atoms with Crippen molar-refractivity contribution in [1.29, 1.82) is 0 Å². The molecule has 1 aromatic rings. The number of nitrogens with zero attached hydrogens (tertiary/aromatic N) is 1. The molecule has 1 unspecified atom stereocenters. The molecule has 1 aliphatic rings. The van der Waals surface area contributed by atoms with Crippen molar-refractivity contribution in [3.8, 4) is 0 Å². The van der Waals surface area contributed by atoms with E-state index in [1.807, 2.05) is 6.92 Å². The number of hydrogen-bond acceptors (Lipinski definition) is 4. The van der Waals surface area contributed by atoms with Crippen LogP contribution in [0.4, 0.5) is 0 Å². The molecule has 6 nitrogen and oxygen atoms in total. The predicted octanol–water partition coefficient (Wildman–Crippen LogP) is 0.437. The van der Waals surface area contributed by atoms with Crippen molar-refractivity contribution >= 4 is 20.0 Å². The van der Waals surface area contributed by atoms with Gasteiger partial charge in [-0.25, -0.2) is 22.0 Å². The Balaban J connectivity index is 2.28. The van der Waals surface area contributed by atoms with Crippen LogP contribution in [0.5, 0.6) is 0 Å². The fourth-order valence-electron chi connectivity index (χ4n) is 2.25. The van der Waals surface area contributed by atoms with E-state index in [0.29, 0.717) is 19.4 Å². The number of aryl methyl sites for hydroxylation is 1. The third-order valence-electron chi connectivity index (χ3n) is 3.46. The van der Waals surface area contributed by atoms with Gasteiger partial charge in [0.05, 0.1) is 10.1 Å². The number of benzene rings is 1. The molecule has 0 saturated carbocycles. The molecule has 8 heteroatoms. The lowest BCUT2D eigenvalue weighted by molar-refractivity contribution is 0.346. The summed E-state index contributed by atoms with van der Waals surface area (Å²) in [6, 6.07) is 6.50. The van der Waals surface area contributed by atoms with Gasteiger partial charge in [0.25, 0.3) is 0 Å². The maximum atomic E-state index is 12.5. The summed E-state index contributed by atoms with van der Waals surface area (Å²) in [5, 5.41) is 4.30. The monoisotopic (exact) mass is 318 g/mol. The summed E-state index contributed by atoms with van der Waals surface area (Å²) in [4.78, 5) is 0.179. The lowest BCUT2D eigenvalue weighted by atomic mass is 10.2. The van der Waals surface area contributed by atoms with Gasteiger partial charge >= 0.3 is 0 Å². The van der Waals surface area contributed by atoms with Crippen LogP contribution in [0.3, 0.4) is 0 Å². The first-order chi connectivity index (χ1) is 9.21. The Morgan fingerprint density at radius 3 is 2.30 bits per heavy atom. The largest absolute Gasteiger partial charge is 0.243 e. The number of primary sulfonamides is 1. The molecule has 1 fully saturated rings. The fourth-order valence-corrected chi connectivity index (χ4v) is 4.75. The molecule has 0 aliphatic carbocycles. The van der Waals surface area contributed by atoms with Gasteiger partial charge in [-0.15, -0.1) is 0 Å². The number of sulfonamides is 2. The summed E-state index contributed by atoms with van der Waals surface area (Å²) in [5.74, 6) is 0. The van der Waals surface area contributed by atoms with Crippen LogP contribution in [-0.4, -0.2) is 39.5 Å². The third kappa shape index (κ3) is 3.20. The maximum absolute atomic E-state index is 12.5. The van der Waals surface area contributed by atoms with Crippen molar-refractivity contribution in [3.05, 3.63) is 29.8 Å². The topological polar surface area (TPSA) is 97.5 Å². The van der Waals surface area contributed by atoms with E-state index in [9.17, 15) is 16.8 Å². The van der Waals surface area contributed by atoms with Crippen LogP contribution in [-0.2, 0) is 20.0 Å². The molecule has 1 saturated heterocycles. The van der Waals surface area contributed by atoms with Crippen LogP contribution >= 0.6 is 0 Å². The zero-order valence-electron chi connectivity index (χ0n) is 11.2. The normalized spacial score (nSPS) is 21.8. The summed E-state index contributed by atoms with van der Waals surface area (Å²) in [7, 11) is -7.37. The molecule has 20 heavy (non-hydrogen) atoms. The summed E-state index contributed by atoms with van der Waals surface area (Å²) in [6.45, 7) is 2.12. The zero-order chi connectivity index (χ0) is 15.0. The van der Waals surface area contributed by atoms with E-state index >= 15 is 0 Å². The Hall–Kier alpha value is -0.960. The van der Waals surface area contributed by atoms with Crippen LogP contribution < -0.4 is 5.14 Å². The third-order valence-corrected chi connectivity index (χ3v) is 6.66. The standard InChI is InChI=1S/C12H18N2O4S2/c1-10-4-6-11(7-5-10)20(17,18)14-8-2-3-12(9-14)19(13,15)16/h4-7,12H,2-3,8-9H2,1H3,(H2,13,15,16). The molecule has 0 amide bonds. The van der Waals surface area contributed by atoms with E-state index in [0.717, 1.165) is 5.56 Å². The first kappa shape index (κ1) is 15.4. The lowest BCUT2D eigenvalue weighted by Crippen LogP contribution is -2.46. The molecular weight excluding hydrogens is 300 g/mol. The zero-order valence-corrected chi connectivity index (χ0v) is 12.8. The second kappa shape index (κ2) is 5.44. The van der Waals surface area contributed by atoms with Gasteiger partial charge in [-0.1, -0.05) is 17.7 Å². The smallest absolute Gasteiger partial charge is 0.228 e. The minimum absolute atomic E-state index is 0.0744. The van der Waals surface area contributed by atoms with Crippen molar-refractivity contribution in [2.75, 3.05) is 13.1 Å². The van der Waals surface area contributed by atoms with Crippen molar-refractivity contribution in [2.24, 2.45) is 5.14 Å². The van der Waals surface area contributed by atoms with Crippen LogP contribution in [0.15, 0.2) is 29.2 Å². The van der Waals surface area contributed by atoms with Gasteiger partial charge in [-0.2, -0.15) is 4.31 Å². The van der Waals surface area contributed by atoms with Gasteiger partial charge < -0.3 is 0 Å². The molecular formula is C12H18N2O4S2. The predicted molar refractivity (Wildman–Crippen MR) is 76.1 cm³/mol. The first-order valence-corrected chi connectivity index (χ1v) is 9.34. The second-order valence-electron chi connectivity index (χ2n) is 5.03. The molecule has 1 heterocycles. The van der Waals surface area contributed by atoms with Gasteiger partial charge in [0, 0.05) is 13.1 Å². The number of nitrogens with two attached hydrogens (primary N) is 1. The van der Waals surface area contributed by atoms with Crippen LogP contribution in [0.1, 0.15) is 18.4 Å². The number of rotatable bonds is 3. The van der Waals surface area contributed by atoms with Crippen LogP contribution in [0.2, 0.25) is 0 Å². The van der Waals surface area contributed by atoms with E-state index in [1.54, 1.807) is 12.1 Å². The Morgan fingerprint density at radius 1 is 1.15 bits per heavy atom. The molecule has 0 bridgehead atoms. The molecule has 0 spiro atoms. The first-order valence-electron chi connectivity index (χ1n) is 6.30. The van der Waals surface area contributed by atoms with Gasteiger partial charge in [0.2, 0.25) is 20.0 Å². The summed E-state index contributed by atoms with van der Waals surface area (Å²) in [6.07, 6.45) is 0.894. The summed E-state index contributed by atoms with van der Waals surface area (Å²) >= 11 is 0.